The number of aliphatic hydroxyl groups excluding tert-OH is 1. The summed E-state index contributed by atoms with van der Waals surface area (Å²) in [5.74, 6) is 1.10. The fraction of sp³-hybridized carbons (Fsp3) is 0.600. The van der Waals surface area contributed by atoms with Gasteiger partial charge in [0, 0.05) is 6.61 Å². The van der Waals surface area contributed by atoms with Gasteiger partial charge in [-0.05, 0) is 74.9 Å². The summed E-state index contributed by atoms with van der Waals surface area (Å²) in [4.78, 5) is 0. The molecule has 1 aromatic rings. The van der Waals surface area contributed by atoms with Crippen molar-refractivity contribution in [1.82, 2.24) is 0 Å². The van der Waals surface area contributed by atoms with Crippen LogP contribution in [0.5, 0.6) is 5.75 Å². The van der Waals surface area contributed by atoms with Gasteiger partial charge in [-0.25, -0.2) is 0 Å². The van der Waals surface area contributed by atoms with E-state index in [-0.39, 0.29) is 12.5 Å². The lowest BCUT2D eigenvalue weighted by Gasteiger charge is -2.19. The zero-order valence-corrected chi connectivity index (χ0v) is 11.9. The predicted molar refractivity (Wildman–Crippen MR) is 75.2 cm³/mol. The lowest BCUT2D eigenvalue weighted by atomic mass is 9.90. The Kier molecular flexibility index (Phi) is 5.63. The van der Waals surface area contributed by atoms with Gasteiger partial charge in [-0.3, -0.25) is 0 Å². The Morgan fingerprint density at radius 2 is 1.94 bits per heavy atom. The number of ether oxygens (including phenoxy) is 1. The third-order valence-corrected chi connectivity index (χ3v) is 3.59. The van der Waals surface area contributed by atoms with Gasteiger partial charge in [0.1, 0.15) is 5.75 Å². The fourth-order valence-corrected chi connectivity index (χ4v) is 2.23. The maximum absolute atomic E-state index is 9.27. The average molecular weight is 251 g/mol. The van der Waals surface area contributed by atoms with Crippen molar-refractivity contribution in [3.8, 4) is 5.75 Å². The highest BCUT2D eigenvalue weighted by atomic mass is 16.5. The maximum atomic E-state index is 9.27. The molecule has 0 saturated carbocycles. The Morgan fingerprint density at radius 3 is 2.44 bits per heavy atom. The molecule has 0 radical (unpaired) electrons. The van der Waals surface area contributed by atoms with E-state index in [1.807, 2.05) is 6.92 Å². The molecule has 1 rings (SSSR count). The molecule has 1 unspecified atom stereocenters. The quantitative estimate of drug-likeness (QED) is 0.814. The molecular formula is C15H25NO2. The first-order valence-corrected chi connectivity index (χ1v) is 6.58. The fourth-order valence-electron chi connectivity index (χ4n) is 2.23. The van der Waals surface area contributed by atoms with Gasteiger partial charge in [0.25, 0.3) is 0 Å². The number of hydrogen-bond donors (Lipinski definition) is 2. The molecule has 0 aliphatic heterocycles. The summed E-state index contributed by atoms with van der Waals surface area (Å²) in [5.41, 5.74) is 10.6. The summed E-state index contributed by atoms with van der Waals surface area (Å²) < 4.78 is 5.64. The summed E-state index contributed by atoms with van der Waals surface area (Å²) in [7, 11) is 0. The third-order valence-electron chi connectivity index (χ3n) is 3.59. The van der Waals surface area contributed by atoms with Crippen molar-refractivity contribution >= 4 is 0 Å². The molecule has 1 aromatic carbocycles. The minimum Gasteiger partial charge on any atom is -0.494 e. The lowest BCUT2D eigenvalue weighted by molar-refractivity contribution is 0.229. The van der Waals surface area contributed by atoms with Gasteiger partial charge in [-0.2, -0.15) is 0 Å². The molecule has 3 nitrogen and oxygen atoms in total. The van der Waals surface area contributed by atoms with E-state index in [2.05, 4.69) is 26.8 Å². The standard InChI is InChI=1S/C15H25NO2/c1-5-18-15-6-10(2)14(11(3)12(15)4)7-13(8-16)9-17/h6,13,17H,5,7-9,16H2,1-4H3. The summed E-state index contributed by atoms with van der Waals surface area (Å²) >= 11 is 0. The molecule has 0 aliphatic carbocycles. The maximum Gasteiger partial charge on any atom is 0.122 e. The van der Waals surface area contributed by atoms with Crippen LogP contribution in [0.15, 0.2) is 6.07 Å². The molecule has 0 amide bonds. The molecular weight excluding hydrogens is 226 g/mol. The Balaban J connectivity index is 3.09. The molecule has 18 heavy (non-hydrogen) atoms. The second-order valence-corrected chi connectivity index (χ2v) is 4.84. The van der Waals surface area contributed by atoms with Crippen LogP contribution in [0.1, 0.15) is 29.2 Å². The van der Waals surface area contributed by atoms with Gasteiger partial charge >= 0.3 is 0 Å². The van der Waals surface area contributed by atoms with Crippen LogP contribution in [-0.2, 0) is 6.42 Å². The van der Waals surface area contributed by atoms with Crippen LogP contribution in [0.25, 0.3) is 0 Å². The Labute approximate surface area is 110 Å². The van der Waals surface area contributed by atoms with Crippen molar-refractivity contribution in [2.75, 3.05) is 19.8 Å². The van der Waals surface area contributed by atoms with Gasteiger partial charge in [0.15, 0.2) is 0 Å². The van der Waals surface area contributed by atoms with Gasteiger partial charge in [0.05, 0.1) is 6.61 Å². The van der Waals surface area contributed by atoms with Gasteiger partial charge < -0.3 is 15.6 Å². The van der Waals surface area contributed by atoms with E-state index in [1.165, 1.54) is 22.3 Å². The van der Waals surface area contributed by atoms with E-state index >= 15 is 0 Å². The van der Waals surface area contributed by atoms with Crippen LogP contribution in [-0.4, -0.2) is 24.9 Å². The van der Waals surface area contributed by atoms with Crippen molar-refractivity contribution in [2.24, 2.45) is 11.7 Å². The number of benzene rings is 1. The zero-order valence-electron chi connectivity index (χ0n) is 11.9. The Hall–Kier alpha value is -1.06. The van der Waals surface area contributed by atoms with Crippen molar-refractivity contribution in [1.29, 1.82) is 0 Å². The number of aliphatic hydroxyl groups is 1. The number of hydrogen-bond acceptors (Lipinski definition) is 3. The van der Waals surface area contributed by atoms with E-state index in [1.54, 1.807) is 0 Å². The summed E-state index contributed by atoms with van der Waals surface area (Å²) in [6, 6.07) is 2.09. The van der Waals surface area contributed by atoms with Crippen molar-refractivity contribution in [2.45, 2.75) is 34.1 Å². The summed E-state index contributed by atoms with van der Waals surface area (Å²) in [6.45, 7) is 9.62. The van der Waals surface area contributed by atoms with Gasteiger partial charge in [0.2, 0.25) is 0 Å². The molecule has 3 heteroatoms. The number of aryl methyl sites for hydroxylation is 1. The third kappa shape index (κ3) is 3.24. The van der Waals surface area contributed by atoms with E-state index < -0.39 is 0 Å². The Morgan fingerprint density at radius 1 is 1.28 bits per heavy atom. The molecule has 3 N–H and O–H groups in total. The summed E-state index contributed by atoms with van der Waals surface area (Å²) in [6.07, 6.45) is 0.831. The molecule has 0 heterocycles. The topological polar surface area (TPSA) is 55.5 Å². The zero-order chi connectivity index (χ0) is 13.7. The second kappa shape index (κ2) is 6.76. The van der Waals surface area contributed by atoms with E-state index in [0.29, 0.717) is 13.2 Å². The SMILES string of the molecule is CCOc1cc(C)c(CC(CN)CO)c(C)c1C. The monoisotopic (exact) mass is 251 g/mol. The molecule has 0 fully saturated rings. The molecule has 0 spiro atoms. The molecule has 1 atom stereocenters. The van der Waals surface area contributed by atoms with Crippen LogP contribution in [0.2, 0.25) is 0 Å². The van der Waals surface area contributed by atoms with E-state index in [9.17, 15) is 5.11 Å². The van der Waals surface area contributed by atoms with Crippen LogP contribution in [0.4, 0.5) is 0 Å². The van der Waals surface area contributed by atoms with Crippen molar-refractivity contribution < 1.29 is 9.84 Å². The minimum atomic E-state index is 0.139. The molecule has 0 aliphatic rings. The molecule has 0 saturated heterocycles. The van der Waals surface area contributed by atoms with Crippen LogP contribution < -0.4 is 10.5 Å². The summed E-state index contributed by atoms with van der Waals surface area (Å²) in [5, 5.41) is 9.27. The van der Waals surface area contributed by atoms with Crippen LogP contribution in [0.3, 0.4) is 0 Å². The number of nitrogens with two attached hydrogens (primary N) is 1. The van der Waals surface area contributed by atoms with Crippen LogP contribution >= 0.6 is 0 Å². The Bertz CT molecular complexity index is 398. The minimum absolute atomic E-state index is 0.139. The van der Waals surface area contributed by atoms with Crippen LogP contribution in [0, 0.1) is 26.7 Å². The average Bonchev–Trinajstić information content (AvgIpc) is 2.36. The van der Waals surface area contributed by atoms with E-state index in [4.69, 9.17) is 10.5 Å². The van der Waals surface area contributed by atoms with Gasteiger partial charge in [-0.1, -0.05) is 0 Å². The highest BCUT2D eigenvalue weighted by molar-refractivity contribution is 5.48. The van der Waals surface area contributed by atoms with Crippen molar-refractivity contribution in [3.05, 3.63) is 28.3 Å². The van der Waals surface area contributed by atoms with Crippen molar-refractivity contribution in [3.63, 3.8) is 0 Å². The number of rotatable bonds is 6. The first-order chi connectivity index (χ1) is 8.54. The first-order valence-electron chi connectivity index (χ1n) is 6.58. The highest BCUT2D eigenvalue weighted by Crippen LogP contribution is 2.29. The largest absolute Gasteiger partial charge is 0.494 e. The normalized spacial score (nSPS) is 12.6. The lowest BCUT2D eigenvalue weighted by Crippen LogP contribution is -2.21. The van der Waals surface area contributed by atoms with E-state index in [0.717, 1.165) is 12.2 Å². The smallest absolute Gasteiger partial charge is 0.122 e. The van der Waals surface area contributed by atoms with Gasteiger partial charge in [-0.15, -0.1) is 0 Å². The molecule has 0 bridgehead atoms. The first kappa shape index (κ1) is 15.0. The predicted octanol–water partition coefficient (Wildman–Crippen LogP) is 2.12. The second-order valence-electron chi connectivity index (χ2n) is 4.84. The molecule has 0 aromatic heterocycles. The molecule has 102 valence electrons. The highest BCUT2D eigenvalue weighted by Gasteiger charge is 2.14.